The number of nitrogens with zero attached hydrogens (tertiary/aromatic N) is 1. The number of hydrogen-bond donors (Lipinski definition) is 2. The van der Waals surface area contributed by atoms with Crippen molar-refractivity contribution in [2.45, 2.75) is 46.1 Å². The quantitative estimate of drug-likeness (QED) is 0.645. The fraction of sp³-hybridized carbons (Fsp3) is 0.526. The molecule has 1 heterocycles. The summed E-state index contributed by atoms with van der Waals surface area (Å²) in [5.74, 6) is 0.210. The second-order valence-corrected chi connectivity index (χ2v) is 6.18. The van der Waals surface area contributed by atoms with Gasteiger partial charge in [-0.15, -0.1) is 0 Å². The Balaban J connectivity index is 2.14. The van der Waals surface area contributed by atoms with Gasteiger partial charge in [0.15, 0.2) is 0 Å². The van der Waals surface area contributed by atoms with Gasteiger partial charge < -0.3 is 20.1 Å². The molecule has 0 unspecified atom stereocenters. The number of carbonyl (C=O) groups is 3. The van der Waals surface area contributed by atoms with Gasteiger partial charge in [-0.3, -0.25) is 14.5 Å². The number of rotatable bonds is 9. The molecule has 8 heteroatoms. The van der Waals surface area contributed by atoms with Crippen LogP contribution in [0.1, 0.15) is 40.5 Å². The summed E-state index contributed by atoms with van der Waals surface area (Å²) in [4.78, 5) is 38.2. The molecule has 2 N–H and O–H groups in total. The summed E-state index contributed by atoms with van der Waals surface area (Å²) in [6.45, 7) is 7.91. The molecule has 0 atom stereocenters. The number of imide groups is 1. The van der Waals surface area contributed by atoms with E-state index in [-0.39, 0.29) is 12.5 Å². The van der Waals surface area contributed by atoms with E-state index < -0.39 is 17.5 Å². The molecule has 1 aliphatic rings. The van der Waals surface area contributed by atoms with Crippen LogP contribution in [0.5, 0.6) is 11.5 Å². The number of benzene rings is 1. The van der Waals surface area contributed by atoms with E-state index in [2.05, 4.69) is 10.6 Å². The lowest BCUT2D eigenvalue weighted by Gasteiger charge is -2.23. The third kappa shape index (κ3) is 4.32. The monoisotopic (exact) mass is 377 g/mol. The first-order chi connectivity index (χ1) is 12.9. The van der Waals surface area contributed by atoms with Crippen LogP contribution in [0.15, 0.2) is 18.2 Å². The van der Waals surface area contributed by atoms with E-state index >= 15 is 0 Å². The zero-order valence-corrected chi connectivity index (χ0v) is 16.3. The molecule has 1 saturated heterocycles. The minimum Gasteiger partial charge on any atom is -0.494 e. The van der Waals surface area contributed by atoms with Gasteiger partial charge in [0.1, 0.15) is 23.6 Å². The molecule has 0 aromatic heterocycles. The van der Waals surface area contributed by atoms with Crippen molar-refractivity contribution in [1.29, 1.82) is 0 Å². The van der Waals surface area contributed by atoms with Crippen LogP contribution in [0.2, 0.25) is 0 Å². The third-order valence-electron chi connectivity index (χ3n) is 4.59. The van der Waals surface area contributed by atoms with Gasteiger partial charge in [0.05, 0.1) is 18.9 Å². The molecule has 0 bridgehead atoms. The van der Waals surface area contributed by atoms with E-state index in [1.165, 1.54) is 0 Å². The Labute approximate surface area is 159 Å². The summed E-state index contributed by atoms with van der Waals surface area (Å²) < 4.78 is 11.0. The SMILES string of the molecule is CCOc1ccc(OCC)c(NC(=O)CN2C(=O)NC(CC)(CC)C2=O)c1. The summed E-state index contributed by atoms with van der Waals surface area (Å²) in [5, 5.41) is 5.41. The number of anilines is 1. The van der Waals surface area contributed by atoms with Crippen molar-refractivity contribution in [3.63, 3.8) is 0 Å². The Hall–Kier alpha value is -2.77. The zero-order chi connectivity index (χ0) is 20.0. The lowest BCUT2D eigenvalue weighted by atomic mass is 9.93. The van der Waals surface area contributed by atoms with Crippen molar-refractivity contribution in [2.75, 3.05) is 25.1 Å². The summed E-state index contributed by atoms with van der Waals surface area (Å²) in [7, 11) is 0. The molecule has 8 nitrogen and oxygen atoms in total. The molecule has 0 spiro atoms. The standard InChI is InChI=1S/C19H27N3O5/c1-5-19(6-2)17(24)22(18(25)21-19)12-16(23)20-14-11-13(26-7-3)9-10-15(14)27-8-4/h9-11H,5-8,12H2,1-4H3,(H,20,23)(H,21,25). The highest BCUT2D eigenvalue weighted by molar-refractivity contribution is 6.10. The first-order valence-corrected chi connectivity index (χ1v) is 9.24. The second-order valence-electron chi connectivity index (χ2n) is 6.18. The molecular weight excluding hydrogens is 350 g/mol. The normalized spacial score (nSPS) is 15.5. The van der Waals surface area contributed by atoms with Gasteiger partial charge in [0, 0.05) is 6.07 Å². The van der Waals surface area contributed by atoms with Crippen LogP contribution >= 0.6 is 0 Å². The molecule has 1 fully saturated rings. The smallest absolute Gasteiger partial charge is 0.325 e. The lowest BCUT2D eigenvalue weighted by Crippen LogP contribution is -2.46. The first-order valence-electron chi connectivity index (χ1n) is 9.24. The highest BCUT2D eigenvalue weighted by Gasteiger charge is 2.49. The fourth-order valence-electron chi connectivity index (χ4n) is 3.03. The van der Waals surface area contributed by atoms with Crippen LogP contribution in [0.3, 0.4) is 0 Å². The van der Waals surface area contributed by atoms with Gasteiger partial charge in [0.2, 0.25) is 5.91 Å². The Bertz CT molecular complexity index is 715. The Morgan fingerprint density at radius 3 is 2.33 bits per heavy atom. The van der Waals surface area contributed by atoms with E-state index in [0.29, 0.717) is 43.2 Å². The van der Waals surface area contributed by atoms with Crippen LogP contribution in [-0.2, 0) is 9.59 Å². The average molecular weight is 377 g/mol. The molecule has 1 aromatic rings. The molecule has 4 amide bonds. The minimum atomic E-state index is -0.928. The maximum absolute atomic E-state index is 12.6. The second kappa shape index (κ2) is 8.75. The van der Waals surface area contributed by atoms with Crippen molar-refractivity contribution >= 4 is 23.5 Å². The van der Waals surface area contributed by atoms with Gasteiger partial charge in [0.25, 0.3) is 5.91 Å². The Morgan fingerprint density at radius 2 is 1.78 bits per heavy atom. The van der Waals surface area contributed by atoms with E-state index in [9.17, 15) is 14.4 Å². The summed E-state index contributed by atoms with van der Waals surface area (Å²) in [5.41, 5.74) is -0.500. The molecule has 27 heavy (non-hydrogen) atoms. The van der Waals surface area contributed by atoms with E-state index in [4.69, 9.17) is 9.47 Å². The van der Waals surface area contributed by atoms with Crippen LogP contribution in [0, 0.1) is 0 Å². The van der Waals surface area contributed by atoms with Gasteiger partial charge in [-0.25, -0.2) is 4.79 Å². The van der Waals surface area contributed by atoms with Gasteiger partial charge in [-0.1, -0.05) is 13.8 Å². The Kier molecular flexibility index (Phi) is 6.65. The van der Waals surface area contributed by atoms with Crippen molar-refractivity contribution in [3.05, 3.63) is 18.2 Å². The highest BCUT2D eigenvalue weighted by atomic mass is 16.5. The zero-order valence-electron chi connectivity index (χ0n) is 16.3. The minimum absolute atomic E-state index is 0.364. The van der Waals surface area contributed by atoms with E-state index in [1.807, 2.05) is 27.7 Å². The predicted molar refractivity (Wildman–Crippen MR) is 101 cm³/mol. The molecule has 0 radical (unpaired) electrons. The van der Waals surface area contributed by atoms with Crippen molar-refractivity contribution in [3.8, 4) is 11.5 Å². The molecule has 1 aliphatic heterocycles. The number of ether oxygens (including phenoxy) is 2. The molecule has 1 aromatic carbocycles. The van der Waals surface area contributed by atoms with Gasteiger partial charge in [-0.2, -0.15) is 0 Å². The van der Waals surface area contributed by atoms with Crippen molar-refractivity contribution in [2.24, 2.45) is 0 Å². The molecule has 2 rings (SSSR count). The van der Waals surface area contributed by atoms with Crippen LogP contribution in [0.25, 0.3) is 0 Å². The van der Waals surface area contributed by atoms with E-state index in [0.717, 1.165) is 4.90 Å². The number of nitrogens with one attached hydrogen (secondary N) is 2. The van der Waals surface area contributed by atoms with Crippen molar-refractivity contribution < 1.29 is 23.9 Å². The number of hydrogen-bond acceptors (Lipinski definition) is 5. The number of carbonyl (C=O) groups excluding carboxylic acids is 3. The third-order valence-corrected chi connectivity index (χ3v) is 4.59. The lowest BCUT2D eigenvalue weighted by molar-refractivity contribution is -0.134. The van der Waals surface area contributed by atoms with Gasteiger partial charge in [-0.05, 0) is 38.8 Å². The Morgan fingerprint density at radius 1 is 1.11 bits per heavy atom. The number of amides is 4. The molecular formula is C19H27N3O5. The maximum atomic E-state index is 12.6. The molecule has 0 saturated carbocycles. The maximum Gasteiger partial charge on any atom is 0.325 e. The number of urea groups is 1. The summed E-state index contributed by atoms with van der Waals surface area (Å²) >= 11 is 0. The summed E-state index contributed by atoms with van der Waals surface area (Å²) in [6.07, 6.45) is 0.939. The summed E-state index contributed by atoms with van der Waals surface area (Å²) in [6, 6.07) is 4.56. The topological polar surface area (TPSA) is 97.0 Å². The van der Waals surface area contributed by atoms with E-state index in [1.54, 1.807) is 18.2 Å². The molecule has 0 aliphatic carbocycles. The average Bonchev–Trinajstić information content (AvgIpc) is 2.89. The van der Waals surface area contributed by atoms with Crippen LogP contribution in [0.4, 0.5) is 10.5 Å². The van der Waals surface area contributed by atoms with Crippen LogP contribution in [-0.4, -0.2) is 48.0 Å². The highest BCUT2D eigenvalue weighted by Crippen LogP contribution is 2.30. The van der Waals surface area contributed by atoms with Gasteiger partial charge >= 0.3 is 6.03 Å². The first kappa shape index (κ1) is 20.5. The van der Waals surface area contributed by atoms with Crippen LogP contribution < -0.4 is 20.1 Å². The molecule has 148 valence electrons. The fourth-order valence-corrected chi connectivity index (χ4v) is 3.03. The van der Waals surface area contributed by atoms with Crippen molar-refractivity contribution in [1.82, 2.24) is 10.2 Å². The largest absolute Gasteiger partial charge is 0.494 e. The predicted octanol–water partition coefficient (Wildman–Crippen LogP) is 2.53.